The fourth-order valence-corrected chi connectivity index (χ4v) is 3.56. The maximum Gasteiger partial charge on any atom is 0.372 e. The lowest BCUT2D eigenvalue weighted by Gasteiger charge is -2.14. The molecule has 7 nitrogen and oxygen atoms in total. The van der Waals surface area contributed by atoms with Gasteiger partial charge in [0.25, 0.3) is 11.1 Å². The van der Waals surface area contributed by atoms with Crippen LogP contribution in [-0.2, 0) is 10.7 Å². The molecule has 1 N–H and O–H groups in total. The molecule has 0 aliphatic carbocycles. The number of nitrogens with zero attached hydrogens (tertiary/aromatic N) is 3. The lowest BCUT2D eigenvalue weighted by molar-refractivity contribution is -0.135. The van der Waals surface area contributed by atoms with Gasteiger partial charge in [-0.15, -0.1) is 10.2 Å². The van der Waals surface area contributed by atoms with Crippen LogP contribution in [-0.4, -0.2) is 33.4 Å². The van der Waals surface area contributed by atoms with Crippen LogP contribution >= 0.6 is 34.5 Å². The largest absolute Gasteiger partial charge is 0.496 e. The molecule has 31 heavy (non-hydrogen) atoms. The molecule has 0 atom stereocenters. The van der Waals surface area contributed by atoms with Gasteiger partial charge in [0.15, 0.2) is 10.8 Å². The van der Waals surface area contributed by atoms with E-state index in [1.54, 1.807) is 6.92 Å². The van der Waals surface area contributed by atoms with Crippen molar-refractivity contribution >= 4 is 50.8 Å². The van der Waals surface area contributed by atoms with Crippen LogP contribution < -0.4 is 10.1 Å². The van der Waals surface area contributed by atoms with E-state index >= 15 is 0 Å². The average molecular weight is 491 g/mol. The van der Waals surface area contributed by atoms with Gasteiger partial charge < -0.3 is 4.74 Å². The number of hydrogen-bond acceptors (Lipinski definition) is 7. The van der Waals surface area contributed by atoms with Crippen molar-refractivity contribution in [3.63, 3.8) is 0 Å². The van der Waals surface area contributed by atoms with Crippen molar-refractivity contribution in [2.24, 2.45) is 0 Å². The van der Waals surface area contributed by atoms with E-state index in [1.807, 2.05) is 0 Å². The number of pyridine rings is 1. The second-order valence-electron chi connectivity index (χ2n) is 6.02. The standard InChI is InChI=1S/C18H11Cl2F3N4O3S/c1-7-5-8(12-11(30-2)4-3-10(19)13(12)21)9(6-24-7)14(28)25-17-27-26-16(31-17)18(22,23)15(20)29/h3-6H,1-2H3,(H,25,27,28). The lowest BCUT2D eigenvalue weighted by atomic mass is 9.98. The number of hydrogen-bond donors (Lipinski definition) is 1. The Morgan fingerprint density at radius 3 is 2.61 bits per heavy atom. The van der Waals surface area contributed by atoms with Gasteiger partial charge in [-0.25, -0.2) is 4.39 Å². The van der Waals surface area contributed by atoms with Gasteiger partial charge in [0.1, 0.15) is 5.75 Å². The monoisotopic (exact) mass is 490 g/mol. The summed E-state index contributed by atoms with van der Waals surface area (Å²) >= 11 is 11.0. The van der Waals surface area contributed by atoms with E-state index in [2.05, 4.69) is 20.5 Å². The first-order valence-corrected chi connectivity index (χ1v) is 9.85. The van der Waals surface area contributed by atoms with Crippen LogP contribution in [0.2, 0.25) is 5.02 Å². The van der Waals surface area contributed by atoms with Crippen LogP contribution in [0, 0.1) is 12.7 Å². The molecule has 0 aliphatic heterocycles. The first-order chi connectivity index (χ1) is 14.6. The number of anilines is 1. The van der Waals surface area contributed by atoms with E-state index < -0.39 is 27.9 Å². The Morgan fingerprint density at radius 1 is 1.26 bits per heavy atom. The third-order valence-electron chi connectivity index (χ3n) is 3.99. The molecule has 2 heterocycles. The number of carbonyl (C=O) groups is 2. The van der Waals surface area contributed by atoms with Gasteiger partial charge in [-0.3, -0.25) is 19.9 Å². The summed E-state index contributed by atoms with van der Waals surface area (Å²) in [5, 5.41) is 5.43. The van der Waals surface area contributed by atoms with Crippen LogP contribution in [0.15, 0.2) is 24.4 Å². The highest BCUT2D eigenvalue weighted by Gasteiger charge is 2.43. The molecule has 0 radical (unpaired) electrons. The number of halogens is 5. The Labute approximate surface area is 187 Å². The molecule has 0 unspecified atom stereocenters. The summed E-state index contributed by atoms with van der Waals surface area (Å²) in [6.07, 6.45) is 1.18. The Hall–Kier alpha value is -2.76. The first-order valence-electron chi connectivity index (χ1n) is 8.28. The molecule has 162 valence electrons. The summed E-state index contributed by atoms with van der Waals surface area (Å²) in [5.41, 5.74) is 0.379. The maximum atomic E-state index is 14.8. The number of ether oxygens (including phenoxy) is 1. The summed E-state index contributed by atoms with van der Waals surface area (Å²) in [7, 11) is 1.32. The minimum Gasteiger partial charge on any atom is -0.496 e. The number of amides is 1. The summed E-state index contributed by atoms with van der Waals surface area (Å²) in [6.45, 7) is 1.63. The van der Waals surface area contributed by atoms with Crippen molar-refractivity contribution in [1.29, 1.82) is 0 Å². The second kappa shape index (κ2) is 8.77. The fourth-order valence-electron chi connectivity index (χ4n) is 2.55. The lowest BCUT2D eigenvalue weighted by Crippen LogP contribution is -2.20. The molecule has 13 heteroatoms. The van der Waals surface area contributed by atoms with Gasteiger partial charge in [0.2, 0.25) is 5.13 Å². The van der Waals surface area contributed by atoms with E-state index in [1.165, 1.54) is 31.5 Å². The third-order valence-corrected chi connectivity index (χ3v) is 5.43. The maximum absolute atomic E-state index is 14.8. The van der Waals surface area contributed by atoms with Crippen LogP contribution in [0.3, 0.4) is 0 Å². The zero-order valence-corrected chi connectivity index (χ0v) is 18.0. The van der Waals surface area contributed by atoms with Crippen LogP contribution in [0.1, 0.15) is 21.1 Å². The highest BCUT2D eigenvalue weighted by Crippen LogP contribution is 2.39. The Morgan fingerprint density at radius 2 is 1.97 bits per heavy atom. The summed E-state index contributed by atoms with van der Waals surface area (Å²) < 4.78 is 47.4. The molecule has 0 aliphatic rings. The molecular weight excluding hydrogens is 480 g/mol. The number of aromatic nitrogens is 3. The molecule has 0 bridgehead atoms. The first kappa shape index (κ1) is 22.9. The highest BCUT2D eigenvalue weighted by molar-refractivity contribution is 7.15. The smallest absolute Gasteiger partial charge is 0.372 e. The minimum atomic E-state index is -4.06. The van der Waals surface area contributed by atoms with Crippen molar-refractivity contribution in [1.82, 2.24) is 15.2 Å². The summed E-state index contributed by atoms with van der Waals surface area (Å²) in [6, 6.07) is 4.17. The van der Waals surface area contributed by atoms with Crippen LogP contribution in [0.4, 0.5) is 18.3 Å². The quantitative estimate of drug-likeness (QED) is 0.497. The predicted octanol–water partition coefficient (Wildman–Crippen LogP) is 4.82. The average Bonchev–Trinajstić information content (AvgIpc) is 3.18. The van der Waals surface area contributed by atoms with Crippen LogP contribution in [0.25, 0.3) is 11.1 Å². The van der Waals surface area contributed by atoms with Crippen molar-refractivity contribution in [3.8, 4) is 16.9 Å². The molecule has 3 rings (SSSR count). The van der Waals surface area contributed by atoms with Gasteiger partial charge in [-0.1, -0.05) is 22.9 Å². The van der Waals surface area contributed by atoms with E-state index in [9.17, 15) is 22.8 Å². The van der Waals surface area contributed by atoms with Gasteiger partial charge in [0, 0.05) is 17.5 Å². The SMILES string of the molecule is COc1ccc(Cl)c(F)c1-c1cc(C)ncc1C(=O)Nc1nnc(C(F)(F)C(=O)Cl)s1. The number of aryl methyl sites for hydroxylation is 1. The van der Waals surface area contributed by atoms with Gasteiger partial charge in [-0.05, 0) is 36.7 Å². The van der Waals surface area contributed by atoms with E-state index in [-0.39, 0.29) is 43.9 Å². The van der Waals surface area contributed by atoms with Gasteiger partial charge >= 0.3 is 5.92 Å². The highest BCUT2D eigenvalue weighted by atomic mass is 35.5. The molecular formula is C18H11Cl2F3N4O3S. The molecule has 3 aromatic rings. The van der Waals surface area contributed by atoms with E-state index in [0.717, 1.165) is 0 Å². The molecule has 0 spiro atoms. The number of benzene rings is 1. The van der Waals surface area contributed by atoms with Crippen molar-refractivity contribution in [2.75, 3.05) is 12.4 Å². The van der Waals surface area contributed by atoms with E-state index in [4.69, 9.17) is 27.9 Å². The van der Waals surface area contributed by atoms with Crippen molar-refractivity contribution in [2.45, 2.75) is 12.8 Å². The van der Waals surface area contributed by atoms with Gasteiger partial charge in [0.05, 0.1) is 23.3 Å². The zero-order chi connectivity index (χ0) is 22.9. The number of rotatable bonds is 6. The normalized spacial score (nSPS) is 11.3. The fraction of sp³-hybridized carbons (Fsp3) is 0.167. The molecule has 1 aromatic carbocycles. The Balaban J connectivity index is 2.03. The van der Waals surface area contributed by atoms with E-state index in [0.29, 0.717) is 5.69 Å². The summed E-state index contributed by atoms with van der Waals surface area (Å²) in [5.74, 6) is -5.61. The van der Waals surface area contributed by atoms with Crippen molar-refractivity contribution in [3.05, 3.63) is 51.5 Å². The number of carbonyl (C=O) groups excluding carboxylic acids is 2. The topological polar surface area (TPSA) is 94.1 Å². The molecule has 0 saturated carbocycles. The predicted molar refractivity (Wildman–Crippen MR) is 109 cm³/mol. The second-order valence-corrected chi connectivity index (χ2v) is 7.75. The number of alkyl halides is 2. The zero-order valence-electron chi connectivity index (χ0n) is 15.7. The third kappa shape index (κ3) is 4.48. The Bertz CT molecular complexity index is 1190. The molecule has 0 fully saturated rings. The van der Waals surface area contributed by atoms with Gasteiger partial charge in [-0.2, -0.15) is 8.78 Å². The minimum absolute atomic E-state index is 0.0807. The van der Waals surface area contributed by atoms with Crippen molar-refractivity contribution < 1.29 is 27.5 Å². The Kier molecular flexibility index (Phi) is 6.48. The molecule has 2 aromatic heterocycles. The summed E-state index contributed by atoms with van der Waals surface area (Å²) in [4.78, 5) is 27.7. The molecule has 0 saturated heterocycles. The number of methoxy groups -OCH3 is 1. The number of nitrogens with one attached hydrogen (secondary N) is 1. The van der Waals surface area contributed by atoms with Crippen LogP contribution in [0.5, 0.6) is 5.75 Å². The molecule has 1 amide bonds.